The number of benzene rings is 3. The topological polar surface area (TPSA) is 157 Å². The van der Waals surface area contributed by atoms with Gasteiger partial charge in [-0.3, -0.25) is 14.4 Å². The fourth-order valence-electron chi connectivity index (χ4n) is 4.34. The number of carboxylic acid groups (broad SMARTS) is 1. The van der Waals surface area contributed by atoms with Crippen molar-refractivity contribution in [2.24, 2.45) is 0 Å². The zero-order valence-corrected chi connectivity index (χ0v) is 26.1. The van der Waals surface area contributed by atoms with E-state index in [-0.39, 0.29) is 31.6 Å². The normalized spacial score (nSPS) is 11.3. The minimum absolute atomic E-state index is 0.128. The van der Waals surface area contributed by atoms with Crippen molar-refractivity contribution in [3.05, 3.63) is 101 Å². The van der Waals surface area contributed by atoms with Crippen molar-refractivity contribution >= 4 is 29.7 Å². The molecule has 0 aliphatic heterocycles. The van der Waals surface area contributed by atoms with Crippen LogP contribution in [0.15, 0.2) is 78.9 Å². The molecular formula is C35H39FN2O9. The molecule has 47 heavy (non-hydrogen) atoms. The maximum Gasteiger partial charge on any atom is 0.359 e. The highest BCUT2D eigenvalue weighted by atomic mass is 19.1. The number of carbonyl (C=O) groups is 5. The Hall–Kier alpha value is -5.26. The SMILES string of the molecule is CCCCCNC(=O)C(Cc1ccc(OC(C(=O)OCc2ccccc2)C(=O)OCc2ccccc2)c(F)c1)NC(=O)CCC(=O)O. The van der Waals surface area contributed by atoms with Gasteiger partial charge in [0.15, 0.2) is 11.6 Å². The van der Waals surface area contributed by atoms with E-state index in [2.05, 4.69) is 10.6 Å². The van der Waals surface area contributed by atoms with E-state index in [1.54, 1.807) is 60.7 Å². The number of carbonyl (C=O) groups excluding carboxylic acids is 4. The Kier molecular flexibility index (Phi) is 14.9. The number of nitrogens with one attached hydrogen (secondary N) is 2. The van der Waals surface area contributed by atoms with Crippen LogP contribution >= 0.6 is 0 Å². The standard InChI is InChI=1S/C35H39FN2O9/c1-2-3-10-19-37-33(42)28(38-30(39)17-18-31(40)41)21-26-15-16-29(27(36)20-26)47-32(34(43)45-22-24-11-6-4-7-12-24)35(44)46-23-25-13-8-5-9-14-25/h4-9,11-16,20,28,32H,2-3,10,17-19,21-23H2,1H3,(H,37,42)(H,38,39)(H,40,41). The van der Waals surface area contributed by atoms with Gasteiger partial charge >= 0.3 is 17.9 Å². The van der Waals surface area contributed by atoms with E-state index in [9.17, 15) is 24.0 Å². The fraction of sp³-hybridized carbons (Fsp3) is 0.343. The smallest absolute Gasteiger partial charge is 0.359 e. The molecule has 3 aromatic carbocycles. The first-order chi connectivity index (χ1) is 22.7. The number of aliphatic carboxylic acids is 1. The summed E-state index contributed by atoms with van der Waals surface area (Å²) < 4.78 is 31.5. The number of hydrogen-bond acceptors (Lipinski definition) is 8. The summed E-state index contributed by atoms with van der Waals surface area (Å²) in [5, 5.41) is 14.2. The third-order valence-corrected chi connectivity index (χ3v) is 6.85. The Labute approximate surface area is 272 Å². The number of unbranched alkanes of at least 4 members (excludes halogenated alkanes) is 2. The van der Waals surface area contributed by atoms with Crippen LogP contribution in [0.3, 0.4) is 0 Å². The van der Waals surface area contributed by atoms with Gasteiger partial charge in [0.05, 0.1) is 6.42 Å². The number of esters is 2. The first-order valence-corrected chi connectivity index (χ1v) is 15.3. The molecule has 1 atom stereocenters. The maximum absolute atomic E-state index is 15.4. The Bertz CT molecular complexity index is 1430. The molecule has 0 saturated heterocycles. The van der Waals surface area contributed by atoms with Crippen LogP contribution in [0.5, 0.6) is 5.75 Å². The number of carboxylic acids is 1. The molecule has 0 aliphatic rings. The second kappa shape index (κ2) is 19.3. The largest absolute Gasteiger partial charge is 0.481 e. The maximum atomic E-state index is 15.4. The van der Waals surface area contributed by atoms with Gasteiger partial charge < -0.3 is 30.0 Å². The molecule has 0 spiro atoms. The molecule has 0 fully saturated rings. The zero-order chi connectivity index (χ0) is 34.0. The number of ether oxygens (including phenoxy) is 3. The average molecular weight is 651 g/mol. The van der Waals surface area contributed by atoms with Crippen LogP contribution in [0.4, 0.5) is 4.39 Å². The van der Waals surface area contributed by atoms with Crippen LogP contribution in [-0.4, -0.2) is 53.5 Å². The molecule has 3 N–H and O–H groups in total. The second-order valence-electron chi connectivity index (χ2n) is 10.7. The van der Waals surface area contributed by atoms with Gasteiger partial charge in [-0.15, -0.1) is 0 Å². The summed E-state index contributed by atoms with van der Waals surface area (Å²) in [6.07, 6.45) is -0.266. The third-order valence-electron chi connectivity index (χ3n) is 6.85. The first kappa shape index (κ1) is 36.2. The van der Waals surface area contributed by atoms with E-state index in [0.717, 1.165) is 25.3 Å². The quantitative estimate of drug-likeness (QED) is 0.0980. The molecule has 0 bridgehead atoms. The fourth-order valence-corrected chi connectivity index (χ4v) is 4.34. The van der Waals surface area contributed by atoms with E-state index in [0.29, 0.717) is 17.7 Å². The van der Waals surface area contributed by atoms with E-state index < -0.39 is 59.9 Å². The van der Waals surface area contributed by atoms with Gasteiger partial charge in [0.2, 0.25) is 11.8 Å². The third kappa shape index (κ3) is 12.9. The van der Waals surface area contributed by atoms with Crippen molar-refractivity contribution < 1.29 is 47.7 Å². The van der Waals surface area contributed by atoms with Gasteiger partial charge in [0.25, 0.3) is 6.10 Å². The van der Waals surface area contributed by atoms with Gasteiger partial charge in [-0.25, -0.2) is 14.0 Å². The highest BCUT2D eigenvalue weighted by Gasteiger charge is 2.33. The molecule has 1 unspecified atom stereocenters. The van der Waals surface area contributed by atoms with Gasteiger partial charge in [-0.1, -0.05) is 86.5 Å². The first-order valence-electron chi connectivity index (χ1n) is 15.3. The van der Waals surface area contributed by atoms with E-state index in [1.165, 1.54) is 12.1 Å². The van der Waals surface area contributed by atoms with Crippen LogP contribution in [0.1, 0.15) is 55.7 Å². The van der Waals surface area contributed by atoms with Crippen LogP contribution in [0.2, 0.25) is 0 Å². The lowest BCUT2D eigenvalue weighted by atomic mass is 10.0. The predicted molar refractivity (Wildman–Crippen MR) is 168 cm³/mol. The molecule has 0 aromatic heterocycles. The molecule has 3 aromatic rings. The summed E-state index contributed by atoms with van der Waals surface area (Å²) in [7, 11) is 0. The van der Waals surface area contributed by atoms with Gasteiger partial charge in [-0.2, -0.15) is 0 Å². The minimum Gasteiger partial charge on any atom is -0.481 e. The van der Waals surface area contributed by atoms with Gasteiger partial charge in [0.1, 0.15) is 19.3 Å². The van der Waals surface area contributed by atoms with Crippen LogP contribution in [-0.2, 0) is 53.1 Å². The molecule has 0 radical (unpaired) electrons. The zero-order valence-electron chi connectivity index (χ0n) is 26.1. The predicted octanol–water partition coefficient (Wildman–Crippen LogP) is 4.26. The Balaban J connectivity index is 1.75. The van der Waals surface area contributed by atoms with Crippen molar-refractivity contribution in [3.63, 3.8) is 0 Å². The lowest BCUT2D eigenvalue weighted by Crippen LogP contribution is -2.48. The molecule has 0 aliphatic carbocycles. The lowest BCUT2D eigenvalue weighted by Gasteiger charge is -2.20. The Morgan fingerprint density at radius 2 is 1.38 bits per heavy atom. The highest BCUT2D eigenvalue weighted by molar-refractivity contribution is 5.98. The summed E-state index contributed by atoms with van der Waals surface area (Å²) in [5.74, 6) is -5.87. The molecule has 11 nitrogen and oxygen atoms in total. The minimum atomic E-state index is -1.95. The van der Waals surface area contributed by atoms with E-state index in [1.807, 2.05) is 6.92 Å². The summed E-state index contributed by atoms with van der Waals surface area (Å²) in [4.78, 5) is 62.1. The average Bonchev–Trinajstić information content (AvgIpc) is 3.07. The summed E-state index contributed by atoms with van der Waals surface area (Å²) in [5.41, 5.74) is 1.61. The number of rotatable bonds is 19. The molecule has 0 saturated carbocycles. The monoisotopic (exact) mass is 650 g/mol. The van der Waals surface area contributed by atoms with Crippen molar-refractivity contribution in [1.29, 1.82) is 0 Å². The van der Waals surface area contributed by atoms with Crippen LogP contribution in [0.25, 0.3) is 0 Å². The molecule has 2 amide bonds. The Morgan fingerprint density at radius 1 is 0.787 bits per heavy atom. The van der Waals surface area contributed by atoms with Gasteiger partial charge in [-0.05, 0) is 35.2 Å². The van der Waals surface area contributed by atoms with Crippen molar-refractivity contribution in [1.82, 2.24) is 10.6 Å². The summed E-state index contributed by atoms with van der Waals surface area (Å²) in [6, 6.07) is 20.0. The van der Waals surface area contributed by atoms with Crippen LogP contribution in [0, 0.1) is 5.82 Å². The molecular weight excluding hydrogens is 611 g/mol. The van der Waals surface area contributed by atoms with Crippen LogP contribution < -0.4 is 15.4 Å². The molecule has 250 valence electrons. The van der Waals surface area contributed by atoms with E-state index in [4.69, 9.17) is 19.3 Å². The number of amides is 2. The summed E-state index contributed by atoms with van der Waals surface area (Å²) >= 11 is 0. The number of hydrogen-bond donors (Lipinski definition) is 3. The second-order valence-corrected chi connectivity index (χ2v) is 10.7. The van der Waals surface area contributed by atoms with Crippen molar-refractivity contribution in [2.45, 2.75) is 70.8 Å². The molecule has 0 heterocycles. The molecule has 3 rings (SSSR count). The Morgan fingerprint density at radius 3 is 1.91 bits per heavy atom. The highest BCUT2D eigenvalue weighted by Crippen LogP contribution is 2.22. The number of halogens is 1. The van der Waals surface area contributed by atoms with Crippen molar-refractivity contribution in [2.75, 3.05) is 6.54 Å². The molecule has 12 heteroatoms. The lowest BCUT2D eigenvalue weighted by molar-refractivity contribution is -0.168. The summed E-state index contributed by atoms with van der Waals surface area (Å²) in [6.45, 7) is 2.07. The van der Waals surface area contributed by atoms with Gasteiger partial charge in [0, 0.05) is 19.4 Å². The van der Waals surface area contributed by atoms with E-state index >= 15 is 4.39 Å². The van der Waals surface area contributed by atoms with Crippen molar-refractivity contribution in [3.8, 4) is 5.75 Å².